The van der Waals surface area contributed by atoms with E-state index in [1.165, 1.54) is 6.08 Å². The summed E-state index contributed by atoms with van der Waals surface area (Å²) in [7, 11) is -2.79. The van der Waals surface area contributed by atoms with E-state index in [1.807, 2.05) is 12.1 Å². The normalized spacial score (nSPS) is 19.1. The van der Waals surface area contributed by atoms with Gasteiger partial charge >= 0.3 is 12.0 Å². The standard InChI is InChI=1S/C35H45N3O9S/c1-6-36(7-2)26-15-14-25-21-28-30(47-29(25)22-26)20-24(23-35(28,3)4)13-16-27-32(41)37(17-10-8-9-12-31(39)40)34(43)38(33(27)42)18-11-19-48(44,45)46-5/h13-16,20-22H,6-12,17-19,23H2,1-5H3,(H,39,40)/b24-13-,27-16-. The number of allylic oxidation sites excluding steroid dienone is 5. The Bertz CT molecular complexity index is 1680. The lowest BCUT2D eigenvalue weighted by Crippen LogP contribution is -2.56. The number of hydrogen-bond acceptors (Lipinski definition) is 9. The zero-order chi connectivity index (χ0) is 35.2. The van der Waals surface area contributed by atoms with E-state index in [1.54, 1.807) is 6.08 Å². The van der Waals surface area contributed by atoms with E-state index in [-0.39, 0.29) is 36.9 Å². The summed E-state index contributed by atoms with van der Waals surface area (Å²) >= 11 is 0. The van der Waals surface area contributed by atoms with Gasteiger partial charge in [-0.05, 0) is 80.9 Å². The van der Waals surface area contributed by atoms with Crippen LogP contribution < -0.4 is 9.64 Å². The van der Waals surface area contributed by atoms with Gasteiger partial charge in [0, 0.05) is 55.5 Å². The van der Waals surface area contributed by atoms with Crippen molar-refractivity contribution < 1.29 is 41.6 Å². The van der Waals surface area contributed by atoms with Gasteiger partial charge in [-0.25, -0.2) is 4.79 Å². The Morgan fingerprint density at radius 3 is 2.29 bits per heavy atom. The highest BCUT2D eigenvalue weighted by molar-refractivity contribution is 7.86. The first kappa shape index (κ1) is 36.6. The molecule has 1 N–H and O–H groups in total. The highest BCUT2D eigenvalue weighted by Gasteiger charge is 2.41. The number of carbonyl (C=O) groups excluding carboxylic acids is 3. The maximum atomic E-state index is 13.5. The van der Waals surface area contributed by atoms with Crippen LogP contribution >= 0.6 is 0 Å². The van der Waals surface area contributed by atoms with Crippen molar-refractivity contribution in [2.24, 2.45) is 5.41 Å². The summed E-state index contributed by atoms with van der Waals surface area (Å²) in [6.07, 6.45) is 8.82. The minimum atomic E-state index is -3.82. The highest BCUT2D eigenvalue weighted by atomic mass is 32.2. The molecule has 0 spiro atoms. The Morgan fingerprint density at radius 1 is 1.00 bits per heavy atom. The molecule has 0 atom stereocenters. The van der Waals surface area contributed by atoms with Gasteiger partial charge in [-0.1, -0.05) is 26.3 Å². The van der Waals surface area contributed by atoms with Crippen molar-refractivity contribution in [3.63, 3.8) is 0 Å². The molecule has 0 radical (unpaired) electrons. The molecule has 2 aliphatic heterocycles. The summed E-state index contributed by atoms with van der Waals surface area (Å²) < 4.78 is 34.6. The van der Waals surface area contributed by atoms with E-state index in [4.69, 9.17) is 9.84 Å². The average Bonchev–Trinajstić information content (AvgIpc) is 3.03. The van der Waals surface area contributed by atoms with Crippen LogP contribution in [-0.4, -0.2) is 86.2 Å². The van der Waals surface area contributed by atoms with Crippen molar-refractivity contribution in [2.75, 3.05) is 43.9 Å². The van der Waals surface area contributed by atoms with Gasteiger partial charge in [0.1, 0.15) is 17.1 Å². The van der Waals surface area contributed by atoms with Crippen molar-refractivity contribution >= 4 is 45.7 Å². The zero-order valence-corrected chi connectivity index (χ0v) is 29.1. The molecule has 4 rings (SSSR count). The Hall–Kier alpha value is -4.23. The monoisotopic (exact) mass is 683 g/mol. The van der Waals surface area contributed by atoms with Gasteiger partial charge in [-0.15, -0.1) is 0 Å². The summed E-state index contributed by atoms with van der Waals surface area (Å²) in [4.78, 5) is 55.3. The molecule has 1 fully saturated rings. The Labute approximate surface area is 282 Å². The molecule has 4 amide bonds. The van der Waals surface area contributed by atoms with Crippen LogP contribution in [0.5, 0.6) is 5.75 Å². The quantitative estimate of drug-likeness (QED) is 0.112. The maximum absolute atomic E-state index is 13.5. The molecular weight excluding hydrogens is 638 g/mol. The second-order valence-electron chi connectivity index (χ2n) is 12.6. The first-order valence-electron chi connectivity index (χ1n) is 16.3. The van der Waals surface area contributed by atoms with Gasteiger partial charge in [0.05, 0.1) is 12.9 Å². The average molecular weight is 684 g/mol. The number of ether oxygens (including phenoxy) is 1. The van der Waals surface area contributed by atoms with Crippen LogP contribution in [0.2, 0.25) is 0 Å². The number of fused-ring (bicyclic) bond motifs is 2. The van der Waals surface area contributed by atoms with Crippen molar-refractivity contribution in [1.82, 2.24) is 9.80 Å². The maximum Gasteiger partial charge on any atom is 0.333 e. The van der Waals surface area contributed by atoms with Crippen molar-refractivity contribution in [3.05, 3.63) is 64.5 Å². The molecule has 260 valence electrons. The Kier molecular flexibility index (Phi) is 11.7. The smallest absolute Gasteiger partial charge is 0.333 e. The van der Waals surface area contributed by atoms with Crippen LogP contribution in [0.15, 0.2) is 58.9 Å². The molecular formula is C35H45N3O9S. The van der Waals surface area contributed by atoms with Crippen LogP contribution in [0.3, 0.4) is 0 Å². The number of nitrogens with zero attached hydrogens (tertiary/aromatic N) is 3. The third kappa shape index (κ3) is 8.43. The van der Waals surface area contributed by atoms with E-state index >= 15 is 0 Å². The van der Waals surface area contributed by atoms with Gasteiger partial charge in [0.2, 0.25) is 0 Å². The van der Waals surface area contributed by atoms with Crippen LogP contribution in [0.25, 0.3) is 6.08 Å². The van der Waals surface area contributed by atoms with Gasteiger partial charge in [0.15, 0.2) is 0 Å². The SMILES string of the molecule is CCN(CC)c1ccc2c(c1)OC1=C/C(=C/C=C3/C(=O)N(CCCCCC(=O)O)C(=O)N(CCCS(=O)(=O)OC)C3=O)CC(C)(C)C1=C2. The lowest BCUT2D eigenvalue weighted by atomic mass is 9.72. The number of barbiturate groups is 1. The lowest BCUT2D eigenvalue weighted by Gasteiger charge is -2.37. The number of aliphatic carboxylic acids is 1. The molecule has 0 unspecified atom stereocenters. The highest BCUT2D eigenvalue weighted by Crippen LogP contribution is 2.48. The van der Waals surface area contributed by atoms with E-state index in [9.17, 15) is 27.6 Å². The molecule has 1 aromatic carbocycles. The van der Waals surface area contributed by atoms with Crippen LogP contribution in [0, 0.1) is 5.41 Å². The Morgan fingerprint density at radius 2 is 1.67 bits per heavy atom. The van der Waals surface area contributed by atoms with Gasteiger partial charge in [0.25, 0.3) is 21.9 Å². The minimum absolute atomic E-state index is 0.0146. The van der Waals surface area contributed by atoms with Crippen LogP contribution in [0.4, 0.5) is 10.5 Å². The van der Waals surface area contributed by atoms with E-state index in [0.717, 1.165) is 58.1 Å². The number of carbonyl (C=O) groups is 4. The lowest BCUT2D eigenvalue weighted by molar-refractivity contribution is -0.138. The summed E-state index contributed by atoms with van der Waals surface area (Å²) in [5.74, 6) is -1.49. The summed E-state index contributed by atoms with van der Waals surface area (Å²) in [5.41, 5.74) is 3.35. The first-order valence-corrected chi connectivity index (χ1v) is 17.9. The van der Waals surface area contributed by atoms with Crippen molar-refractivity contribution in [3.8, 4) is 5.75 Å². The first-order chi connectivity index (χ1) is 22.7. The summed E-state index contributed by atoms with van der Waals surface area (Å²) in [5, 5.41) is 8.91. The van der Waals surface area contributed by atoms with E-state index < -0.39 is 39.7 Å². The molecule has 1 saturated heterocycles. The number of carboxylic acid groups (broad SMARTS) is 1. The molecule has 0 aromatic heterocycles. The number of unbranched alkanes of at least 4 members (excludes halogenated alkanes) is 2. The van der Waals surface area contributed by atoms with Crippen LogP contribution in [0.1, 0.15) is 71.8 Å². The number of anilines is 1. The molecule has 1 aliphatic carbocycles. The van der Waals surface area contributed by atoms with Crippen LogP contribution in [-0.2, 0) is 28.7 Å². The third-order valence-corrected chi connectivity index (χ3v) is 10.1. The molecule has 0 bridgehead atoms. The summed E-state index contributed by atoms with van der Waals surface area (Å²) in [6.45, 7) is 9.88. The zero-order valence-electron chi connectivity index (χ0n) is 28.3. The molecule has 12 nitrogen and oxygen atoms in total. The number of imide groups is 2. The minimum Gasteiger partial charge on any atom is -0.481 e. The molecule has 48 heavy (non-hydrogen) atoms. The fraction of sp³-hybridized carbons (Fsp3) is 0.486. The molecule has 3 aliphatic rings. The molecule has 13 heteroatoms. The van der Waals surface area contributed by atoms with E-state index in [0.29, 0.717) is 31.4 Å². The number of amides is 4. The third-order valence-electron chi connectivity index (χ3n) is 8.78. The number of urea groups is 1. The predicted octanol–water partition coefficient (Wildman–Crippen LogP) is 5.28. The number of benzene rings is 1. The topological polar surface area (TPSA) is 151 Å². The van der Waals surface area contributed by atoms with Crippen molar-refractivity contribution in [1.29, 1.82) is 0 Å². The summed E-state index contributed by atoms with van der Waals surface area (Å²) in [6, 6.07) is 5.35. The molecule has 2 heterocycles. The van der Waals surface area contributed by atoms with Gasteiger partial charge in [-0.2, -0.15) is 8.42 Å². The van der Waals surface area contributed by atoms with Gasteiger partial charge in [-0.3, -0.25) is 28.4 Å². The fourth-order valence-corrected chi connectivity index (χ4v) is 6.77. The molecule has 1 aromatic rings. The molecule has 0 saturated carbocycles. The fourth-order valence-electron chi connectivity index (χ4n) is 6.12. The van der Waals surface area contributed by atoms with E-state index in [2.05, 4.69) is 55.0 Å². The number of rotatable bonds is 15. The van der Waals surface area contributed by atoms with Gasteiger partial charge < -0.3 is 14.7 Å². The predicted molar refractivity (Wildman–Crippen MR) is 182 cm³/mol. The van der Waals surface area contributed by atoms with Crippen molar-refractivity contribution in [2.45, 2.75) is 66.2 Å². The second-order valence-corrected chi connectivity index (χ2v) is 14.5. The number of carboxylic acids is 1. The largest absolute Gasteiger partial charge is 0.481 e. The Balaban J connectivity index is 1.63. The number of hydrogen-bond donors (Lipinski definition) is 1. The second kappa shape index (κ2) is 15.3.